The van der Waals surface area contributed by atoms with Crippen LogP contribution < -0.4 is 11.0 Å². The van der Waals surface area contributed by atoms with E-state index < -0.39 is 0 Å². The maximum atomic E-state index is 12.6. The first-order chi connectivity index (χ1) is 14.6. The second-order valence-corrected chi connectivity index (χ2v) is 8.29. The van der Waals surface area contributed by atoms with Gasteiger partial charge in [0.25, 0.3) is 0 Å². The molecule has 1 fully saturated rings. The van der Waals surface area contributed by atoms with Crippen LogP contribution in [0.2, 0.25) is 0 Å². The summed E-state index contributed by atoms with van der Waals surface area (Å²) in [6.07, 6.45) is 6.54. The molecule has 0 radical (unpaired) electrons. The van der Waals surface area contributed by atoms with E-state index >= 15 is 0 Å². The Bertz CT molecular complexity index is 1060. The zero-order valence-electron chi connectivity index (χ0n) is 17.6. The molecule has 158 valence electrons. The number of rotatable bonds is 7. The van der Waals surface area contributed by atoms with Gasteiger partial charge in [-0.2, -0.15) is 0 Å². The number of imidazole rings is 1. The molecular formula is C24H30N4O2. The van der Waals surface area contributed by atoms with Gasteiger partial charge in [-0.05, 0) is 43.1 Å². The van der Waals surface area contributed by atoms with Crippen LogP contribution in [-0.2, 0) is 24.4 Å². The number of para-hydroxylation sites is 2. The van der Waals surface area contributed by atoms with E-state index in [1.165, 1.54) is 42.2 Å². The van der Waals surface area contributed by atoms with E-state index in [4.69, 9.17) is 0 Å². The van der Waals surface area contributed by atoms with Gasteiger partial charge in [0.2, 0.25) is 5.91 Å². The van der Waals surface area contributed by atoms with Gasteiger partial charge in [-0.3, -0.25) is 14.3 Å². The number of fused-ring (bicyclic) bond motifs is 1. The Hall–Kier alpha value is -2.86. The van der Waals surface area contributed by atoms with E-state index in [2.05, 4.69) is 40.4 Å². The largest absolute Gasteiger partial charge is 0.350 e. The van der Waals surface area contributed by atoms with Crippen molar-refractivity contribution in [2.75, 3.05) is 7.05 Å². The van der Waals surface area contributed by atoms with Crippen molar-refractivity contribution in [3.05, 3.63) is 70.1 Å². The van der Waals surface area contributed by atoms with Gasteiger partial charge in [0.15, 0.2) is 0 Å². The van der Waals surface area contributed by atoms with Gasteiger partial charge in [0.05, 0.1) is 11.0 Å². The molecule has 6 heteroatoms. The van der Waals surface area contributed by atoms with Crippen LogP contribution in [-0.4, -0.2) is 33.4 Å². The second kappa shape index (κ2) is 9.30. The Kier molecular flexibility index (Phi) is 6.33. The number of carbonyl (C=O) groups excluding carboxylic acids is 1. The molecule has 6 nitrogen and oxygen atoms in total. The van der Waals surface area contributed by atoms with E-state index in [0.29, 0.717) is 12.6 Å². The van der Waals surface area contributed by atoms with Crippen molar-refractivity contribution in [1.29, 1.82) is 0 Å². The third-order valence-corrected chi connectivity index (χ3v) is 6.20. The van der Waals surface area contributed by atoms with Gasteiger partial charge in [-0.1, -0.05) is 55.7 Å². The smallest absolute Gasteiger partial charge is 0.326 e. The molecule has 0 spiro atoms. The van der Waals surface area contributed by atoms with Crippen LogP contribution in [0.25, 0.3) is 11.0 Å². The Labute approximate surface area is 176 Å². The topological polar surface area (TPSA) is 70.1 Å². The normalized spacial score (nSPS) is 15.0. The molecule has 1 heterocycles. The van der Waals surface area contributed by atoms with Gasteiger partial charge in [0, 0.05) is 19.1 Å². The molecule has 4 rings (SSSR count). The van der Waals surface area contributed by atoms with Crippen molar-refractivity contribution in [1.82, 2.24) is 19.8 Å². The van der Waals surface area contributed by atoms with Crippen molar-refractivity contribution in [3.8, 4) is 0 Å². The predicted molar refractivity (Wildman–Crippen MR) is 119 cm³/mol. The quantitative estimate of drug-likeness (QED) is 0.632. The number of hydrogen-bond acceptors (Lipinski definition) is 3. The SMILES string of the molecule is CN(Cc1ccccc1CNC(=O)Cn1c(=O)[nH]c2ccccc21)C1CCCCC1. The third kappa shape index (κ3) is 4.65. The van der Waals surface area contributed by atoms with Crippen LogP contribution in [0.1, 0.15) is 43.2 Å². The highest BCUT2D eigenvalue weighted by Crippen LogP contribution is 2.23. The summed E-state index contributed by atoms with van der Waals surface area (Å²) in [5.41, 5.74) is 3.59. The van der Waals surface area contributed by atoms with E-state index in [0.717, 1.165) is 23.1 Å². The summed E-state index contributed by atoms with van der Waals surface area (Å²) >= 11 is 0. The number of aromatic amines is 1. The average molecular weight is 407 g/mol. The monoisotopic (exact) mass is 406 g/mol. The first kappa shape index (κ1) is 20.4. The van der Waals surface area contributed by atoms with E-state index in [1.807, 2.05) is 30.3 Å². The van der Waals surface area contributed by atoms with Gasteiger partial charge in [-0.15, -0.1) is 0 Å². The minimum Gasteiger partial charge on any atom is -0.350 e. The molecule has 2 N–H and O–H groups in total. The van der Waals surface area contributed by atoms with Gasteiger partial charge in [-0.25, -0.2) is 4.79 Å². The second-order valence-electron chi connectivity index (χ2n) is 8.29. The van der Waals surface area contributed by atoms with Gasteiger partial charge in [0.1, 0.15) is 6.54 Å². The highest BCUT2D eigenvalue weighted by atomic mass is 16.2. The van der Waals surface area contributed by atoms with Crippen molar-refractivity contribution >= 4 is 16.9 Å². The first-order valence-corrected chi connectivity index (χ1v) is 10.8. The summed E-state index contributed by atoms with van der Waals surface area (Å²) < 4.78 is 1.48. The number of nitrogens with zero attached hydrogens (tertiary/aromatic N) is 2. The highest BCUT2D eigenvalue weighted by molar-refractivity contribution is 5.80. The lowest BCUT2D eigenvalue weighted by atomic mass is 9.94. The van der Waals surface area contributed by atoms with Gasteiger partial charge >= 0.3 is 5.69 Å². The molecule has 1 saturated carbocycles. The zero-order chi connectivity index (χ0) is 20.9. The molecule has 0 unspecified atom stereocenters. The molecule has 0 saturated heterocycles. The standard InChI is InChI=1S/C24H30N4O2/c1-27(20-11-3-2-4-12-20)16-19-10-6-5-9-18(19)15-25-23(29)17-28-22-14-8-7-13-21(22)26-24(28)30/h5-10,13-14,20H,2-4,11-12,15-17H2,1H3,(H,25,29)(H,26,30). The first-order valence-electron chi connectivity index (χ1n) is 10.8. The molecular weight excluding hydrogens is 376 g/mol. The molecule has 1 aromatic heterocycles. The summed E-state index contributed by atoms with van der Waals surface area (Å²) in [5.74, 6) is -0.169. The fourth-order valence-electron chi connectivity index (χ4n) is 4.46. The lowest BCUT2D eigenvalue weighted by Gasteiger charge is -2.31. The maximum Gasteiger partial charge on any atom is 0.326 e. The van der Waals surface area contributed by atoms with Crippen LogP contribution >= 0.6 is 0 Å². The third-order valence-electron chi connectivity index (χ3n) is 6.20. The maximum absolute atomic E-state index is 12.6. The Morgan fingerprint density at radius 2 is 1.77 bits per heavy atom. The summed E-state index contributed by atoms with van der Waals surface area (Å²) in [6, 6.07) is 16.3. The van der Waals surface area contributed by atoms with Crippen molar-refractivity contribution in [3.63, 3.8) is 0 Å². The Morgan fingerprint density at radius 1 is 1.07 bits per heavy atom. The number of nitrogens with one attached hydrogen (secondary N) is 2. The van der Waals surface area contributed by atoms with Crippen molar-refractivity contribution < 1.29 is 4.79 Å². The van der Waals surface area contributed by atoms with Crippen LogP contribution in [0, 0.1) is 0 Å². The van der Waals surface area contributed by atoms with Crippen LogP contribution in [0.15, 0.2) is 53.3 Å². The minimum atomic E-state index is -0.263. The van der Waals surface area contributed by atoms with Crippen LogP contribution in [0.3, 0.4) is 0 Å². The summed E-state index contributed by atoms with van der Waals surface area (Å²) in [6.45, 7) is 1.36. The van der Waals surface area contributed by atoms with E-state index in [-0.39, 0.29) is 18.1 Å². The van der Waals surface area contributed by atoms with Crippen LogP contribution in [0.4, 0.5) is 0 Å². The number of hydrogen-bond donors (Lipinski definition) is 2. The van der Waals surface area contributed by atoms with Crippen molar-refractivity contribution in [2.24, 2.45) is 0 Å². The molecule has 0 atom stereocenters. The molecule has 2 aromatic carbocycles. The number of carbonyl (C=O) groups is 1. The molecule has 0 aliphatic heterocycles. The van der Waals surface area contributed by atoms with Crippen molar-refractivity contribution in [2.45, 2.75) is 57.8 Å². The predicted octanol–water partition coefficient (Wildman–Crippen LogP) is 3.41. The fraction of sp³-hybridized carbons (Fsp3) is 0.417. The van der Waals surface area contributed by atoms with Crippen LogP contribution in [0.5, 0.6) is 0 Å². The fourth-order valence-corrected chi connectivity index (χ4v) is 4.46. The highest BCUT2D eigenvalue weighted by Gasteiger charge is 2.19. The average Bonchev–Trinajstić information content (AvgIpc) is 3.09. The zero-order valence-corrected chi connectivity index (χ0v) is 17.6. The summed E-state index contributed by atoms with van der Waals surface area (Å²) in [5, 5.41) is 2.99. The molecule has 1 amide bonds. The molecule has 1 aliphatic rings. The summed E-state index contributed by atoms with van der Waals surface area (Å²) in [4.78, 5) is 30.0. The Morgan fingerprint density at radius 3 is 2.57 bits per heavy atom. The number of benzene rings is 2. The molecule has 30 heavy (non-hydrogen) atoms. The molecule has 1 aliphatic carbocycles. The van der Waals surface area contributed by atoms with E-state index in [1.54, 1.807) is 0 Å². The lowest BCUT2D eigenvalue weighted by molar-refractivity contribution is -0.121. The summed E-state index contributed by atoms with van der Waals surface area (Å²) in [7, 11) is 2.20. The van der Waals surface area contributed by atoms with E-state index in [9.17, 15) is 9.59 Å². The number of aromatic nitrogens is 2. The minimum absolute atomic E-state index is 0.00693. The number of H-pyrrole nitrogens is 1. The van der Waals surface area contributed by atoms with Gasteiger partial charge < -0.3 is 10.3 Å². The Balaban J connectivity index is 1.39. The molecule has 0 bridgehead atoms. The lowest BCUT2D eigenvalue weighted by Crippen LogP contribution is -2.34. The molecule has 3 aromatic rings. The number of amides is 1.